The summed E-state index contributed by atoms with van der Waals surface area (Å²) < 4.78 is 0. The SMILES string of the molecule is CCCCC1C(=O)c2nc(NC(C)=O)[nH]c2C(CCCC)C1=O. The van der Waals surface area contributed by atoms with E-state index in [4.69, 9.17) is 0 Å². The minimum Gasteiger partial charge on any atom is -0.326 e. The maximum Gasteiger partial charge on any atom is 0.223 e. The van der Waals surface area contributed by atoms with Crippen molar-refractivity contribution in [3.8, 4) is 0 Å². The molecule has 126 valence electrons. The smallest absolute Gasteiger partial charge is 0.223 e. The predicted molar refractivity (Wildman–Crippen MR) is 87.5 cm³/mol. The third-order valence-corrected chi connectivity index (χ3v) is 4.30. The highest BCUT2D eigenvalue weighted by Crippen LogP contribution is 2.36. The molecule has 0 fully saturated rings. The van der Waals surface area contributed by atoms with E-state index in [0.717, 1.165) is 25.7 Å². The number of hydrogen-bond donors (Lipinski definition) is 2. The van der Waals surface area contributed by atoms with Gasteiger partial charge in [0.15, 0.2) is 11.6 Å². The van der Waals surface area contributed by atoms with Crippen molar-refractivity contribution in [2.75, 3.05) is 5.32 Å². The standard InChI is InChI=1S/C17H25N3O3/c1-4-6-8-11-13-14(20-17(19-13)18-10(3)21)16(23)12(15(11)22)9-7-5-2/h11-12H,4-9H2,1-3H3,(H2,18,19,20,21). The van der Waals surface area contributed by atoms with Gasteiger partial charge in [0.1, 0.15) is 5.69 Å². The highest BCUT2D eigenvalue weighted by Gasteiger charge is 2.42. The number of anilines is 1. The summed E-state index contributed by atoms with van der Waals surface area (Å²) >= 11 is 0. The van der Waals surface area contributed by atoms with Crippen molar-refractivity contribution in [1.29, 1.82) is 0 Å². The Morgan fingerprint density at radius 3 is 2.30 bits per heavy atom. The van der Waals surface area contributed by atoms with Crippen molar-refractivity contribution in [2.24, 2.45) is 5.92 Å². The predicted octanol–water partition coefficient (Wildman–Crippen LogP) is 3.21. The van der Waals surface area contributed by atoms with Crippen LogP contribution in [0.2, 0.25) is 0 Å². The largest absolute Gasteiger partial charge is 0.326 e. The number of hydrogen-bond acceptors (Lipinski definition) is 4. The summed E-state index contributed by atoms with van der Waals surface area (Å²) in [6, 6.07) is 0. The Hall–Kier alpha value is -1.98. The maximum atomic E-state index is 12.8. The lowest BCUT2D eigenvalue weighted by atomic mass is 9.76. The number of amides is 1. The van der Waals surface area contributed by atoms with Crippen molar-refractivity contribution in [2.45, 2.75) is 65.2 Å². The number of H-pyrrole nitrogens is 1. The van der Waals surface area contributed by atoms with E-state index >= 15 is 0 Å². The van der Waals surface area contributed by atoms with Crippen LogP contribution in [0.15, 0.2) is 0 Å². The molecule has 23 heavy (non-hydrogen) atoms. The molecule has 1 amide bonds. The fourth-order valence-electron chi connectivity index (χ4n) is 3.11. The second-order valence-corrected chi connectivity index (χ2v) is 6.19. The molecule has 0 aromatic carbocycles. The molecule has 0 spiro atoms. The Labute approximate surface area is 136 Å². The monoisotopic (exact) mass is 319 g/mol. The molecule has 1 aromatic rings. The zero-order chi connectivity index (χ0) is 17.0. The van der Waals surface area contributed by atoms with Gasteiger partial charge in [-0.15, -0.1) is 0 Å². The van der Waals surface area contributed by atoms with E-state index in [1.807, 2.05) is 6.92 Å². The summed E-state index contributed by atoms with van der Waals surface area (Å²) in [5.74, 6) is -1.12. The number of nitrogens with zero attached hydrogens (tertiary/aromatic N) is 1. The molecule has 1 aliphatic rings. The second kappa shape index (κ2) is 7.53. The number of aromatic nitrogens is 2. The fraction of sp³-hybridized carbons (Fsp3) is 0.647. The minimum absolute atomic E-state index is 0.00225. The summed E-state index contributed by atoms with van der Waals surface area (Å²) in [5, 5.41) is 2.56. The van der Waals surface area contributed by atoms with Crippen LogP contribution in [0.25, 0.3) is 0 Å². The molecule has 0 saturated heterocycles. The molecule has 1 heterocycles. The van der Waals surface area contributed by atoms with Gasteiger partial charge in [-0.25, -0.2) is 4.98 Å². The molecule has 1 aromatic heterocycles. The lowest BCUT2D eigenvalue weighted by molar-refractivity contribution is -0.123. The highest BCUT2D eigenvalue weighted by molar-refractivity contribution is 6.16. The van der Waals surface area contributed by atoms with E-state index in [1.54, 1.807) is 0 Å². The normalized spacial score (nSPS) is 20.5. The van der Waals surface area contributed by atoms with Crippen LogP contribution in [0, 0.1) is 5.92 Å². The first-order chi connectivity index (χ1) is 11.0. The average molecular weight is 319 g/mol. The molecule has 0 bridgehead atoms. The fourth-order valence-corrected chi connectivity index (χ4v) is 3.11. The number of Topliss-reactive ketones (excluding diaryl/α,β-unsaturated/α-hetero) is 2. The van der Waals surface area contributed by atoms with Crippen LogP contribution < -0.4 is 5.32 Å². The van der Waals surface area contributed by atoms with Crippen molar-refractivity contribution >= 4 is 23.4 Å². The summed E-state index contributed by atoms with van der Waals surface area (Å²) in [7, 11) is 0. The number of imidazole rings is 1. The zero-order valence-corrected chi connectivity index (χ0v) is 14.1. The summed E-state index contributed by atoms with van der Waals surface area (Å²) in [6.45, 7) is 5.50. The Balaban J connectivity index is 2.36. The van der Waals surface area contributed by atoms with Crippen LogP contribution in [0.4, 0.5) is 5.95 Å². The molecule has 1 aliphatic carbocycles. The van der Waals surface area contributed by atoms with Gasteiger partial charge in [-0.3, -0.25) is 19.7 Å². The van der Waals surface area contributed by atoms with Crippen LogP contribution in [-0.4, -0.2) is 27.4 Å². The Morgan fingerprint density at radius 2 is 1.74 bits per heavy atom. The van der Waals surface area contributed by atoms with Gasteiger partial charge < -0.3 is 4.98 Å². The maximum absolute atomic E-state index is 12.8. The molecule has 0 radical (unpaired) electrons. The van der Waals surface area contributed by atoms with Crippen LogP contribution >= 0.6 is 0 Å². The van der Waals surface area contributed by atoms with Gasteiger partial charge in [0.05, 0.1) is 17.5 Å². The number of nitrogens with one attached hydrogen (secondary N) is 2. The molecule has 0 aliphatic heterocycles. The highest BCUT2D eigenvalue weighted by atomic mass is 16.2. The second-order valence-electron chi connectivity index (χ2n) is 6.19. The Morgan fingerprint density at radius 1 is 1.13 bits per heavy atom. The Kier molecular flexibility index (Phi) is 5.69. The number of unbranched alkanes of at least 4 members (excludes halogenated alkanes) is 2. The van der Waals surface area contributed by atoms with Crippen LogP contribution in [-0.2, 0) is 9.59 Å². The van der Waals surface area contributed by atoms with Gasteiger partial charge in [-0.05, 0) is 12.8 Å². The van der Waals surface area contributed by atoms with E-state index in [9.17, 15) is 14.4 Å². The van der Waals surface area contributed by atoms with E-state index in [1.165, 1.54) is 6.92 Å². The number of rotatable bonds is 7. The summed E-state index contributed by atoms with van der Waals surface area (Å²) in [5.41, 5.74) is 0.903. The molecule has 2 unspecified atom stereocenters. The van der Waals surface area contributed by atoms with Crippen molar-refractivity contribution < 1.29 is 14.4 Å². The molecule has 2 N–H and O–H groups in total. The number of aromatic amines is 1. The topological polar surface area (TPSA) is 91.9 Å². The molecular weight excluding hydrogens is 294 g/mol. The van der Waals surface area contributed by atoms with Gasteiger partial charge in [-0.2, -0.15) is 0 Å². The minimum atomic E-state index is -0.585. The number of carbonyl (C=O) groups is 3. The molecule has 0 saturated carbocycles. The quantitative estimate of drug-likeness (QED) is 0.755. The van der Waals surface area contributed by atoms with Gasteiger partial charge >= 0.3 is 0 Å². The van der Waals surface area contributed by atoms with Gasteiger partial charge in [0.2, 0.25) is 11.9 Å². The van der Waals surface area contributed by atoms with Crippen molar-refractivity contribution in [3.63, 3.8) is 0 Å². The van der Waals surface area contributed by atoms with Gasteiger partial charge in [0.25, 0.3) is 0 Å². The molecule has 2 rings (SSSR count). The molecule has 6 heteroatoms. The number of carbonyl (C=O) groups excluding carboxylic acids is 3. The lowest BCUT2D eigenvalue weighted by Gasteiger charge is -2.26. The van der Waals surface area contributed by atoms with Crippen molar-refractivity contribution in [3.05, 3.63) is 11.4 Å². The molecular formula is C17H25N3O3. The van der Waals surface area contributed by atoms with E-state index in [-0.39, 0.29) is 29.3 Å². The number of fused-ring (bicyclic) bond motifs is 1. The lowest BCUT2D eigenvalue weighted by Crippen LogP contribution is -2.35. The number of ketones is 2. The van der Waals surface area contributed by atoms with Crippen LogP contribution in [0.1, 0.15) is 81.4 Å². The van der Waals surface area contributed by atoms with E-state index in [0.29, 0.717) is 24.2 Å². The first-order valence-corrected chi connectivity index (χ1v) is 8.44. The first-order valence-electron chi connectivity index (χ1n) is 8.44. The van der Waals surface area contributed by atoms with E-state index < -0.39 is 5.92 Å². The van der Waals surface area contributed by atoms with Crippen LogP contribution in [0.5, 0.6) is 0 Å². The van der Waals surface area contributed by atoms with Gasteiger partial charge in [-0.1, -0.05) is 39.5 Å². The zero-order valence-electron chi connectivity index (χ0n) is 14.1. The summed E-state index contributed by atoms with van der Waals surface area (Å²) in [6.07, 6.45) is 4.99. The third-order valence-electron chi connectivity index (χ3n) is 4.30. The van der Waals surface area contributed by atoms with Crippen LogP contribution in [0.3, 0.4) is 0 Å². The molecule has 6 nitrogen and oxygen atoms in total. The van der Waals surface area contributed by atoms with Crippen molar-refractivity contribution in [1.82, 2.24) is 9.97 Å². The Bertz CT molecular complexity index is 606. The average Bonchev–Trinajstić information content (AvgIpc) is 2.90. The first kappa shape index (κ1) is 17.4. The summed E-state index contributed by atoms with van der Waals surface area (Å²) in [4.78, 5) is 43.8. The molecule has 2 atom stereocenters. The van der Waals surface area contributed by atoms with Gasteiger partial charge in [0, 0.05) is 6.92 Å². The third kappa shape index (κ3) is 3.68. The van der Waals surface area contributed by atoms with E-state index in [2.05, 4.69) is 22.2 Å².